The summed E-state index contributed by atoms with van der Waals surface area (Å²) in [6.45, 7) is 0. The number of sulfone groups is 1. The Kier molecular flexibility index (Phi) is 6.39. The lowest BCUT2D eigenvalue weighted by atomic mass is 9.84. The van der Waals surface area contributed by atoms with Gasteiger partial charge in [0.2, 0.25) is 5.89 Å². The summed E-state index contributed by atoms with van der Waals surface area (Å²) < 4.78 is 28.7. The van der Waals surface area contributed by atoms with Gasteiger partial charge < -0.3 is 4.42 Å². The van der Waals surface area contributed by atoms with Crippen molar-refractivity contribution in [1.82, 2.24) is 10.2 Å². The number of carbonyl (C=O) groups excluding carboxylic acids is 1. The first kappa shape index (κ1) is 20.6. The highest BCUT2D eigenvalue weighted by Crippen LogP contribution is 2.32. The van der Waals surface area contributed by atoms with Crippen molar-refractivity contribution >= 4 is 27.4 Å². The summed E-state index contributed by atoms with van der Waals surface area (Å²) in [5.74, 6) is 1.82. The van der Waals surface area contributed by atoms with E-state index in [1.54, 1.807) is 0 Å². The first-order valence-corrected chi connectivity index (χ1v) is 13.1. The molecule has 1 aliphatic carbocycles. The summed E-state index contributed by atoms with van der Waals surface area (Å²) in [7, 11) is -2.91. The number of nitrogens with zero attached hydrogens (tertiary/aromatic N) is 2. The van der Waals surface area contributed by atoms with Gasteiger partial charge in [0.15, 0.2) is 15.6 Å². The Hall–Kier alpha value is -1.67. The molecule has 1 aromatic heterocycles. The van der Waals surface area contributed by atoms with E-state index in [4.69, 9.17) is 4.42 Å². The molecule has 0 spiro atoms. The van der Waals surface area contributed by atoms with Crippen molar-refractivity contribution in [2.75, 3.05) is 17.3 Å². The highest BCUT2D eigenvalue weighted by Gasteiger charge is 2.29. The van der Waals surface area contributed by atoms with E-state index >= 15 is 0 Å². The normalized spacial score (nSPS) is 22.0. The Morgan fingerprint density at radius 3 is 2.52 bits per heavy atom. The zero-order valence-corrected chi connectivity index (χ0v) is 18.0. The van der Waals surface area contributed by atoms with E-state index < -0.39 is 9.84 Å². The number of hydrogen-bond donors (Lipinski definition) is 0. The smallest absolute Gasteiger partial charge is 0.277 e. The third-order valence-corrected chi connectivity index (χ3v) is 8.53. The molecule has 1 aliphatic heterocycles. The maximum atomic E-state index is 12.5. The molecule has 8 heteroatoms. The summed E-state index contributed by atoms with van der Waals surface area (Å²) in [4.78, 5) is 12.5. The molecule has 4 rings (SSSR count). The average molecular weight is 435 g/mol. The van der Waals surface area contributed by atoms with Gasteiger partial charge in [-0.25, -0.2) is 8.42 Å². The van der Waals surface area contributed by atoms with E-state index in [1.807, 2.05) is 12.1 Å². The molecule has 1 atom stereocenters. The first-order chi connectivity index (χ1) is 14.0. The maximum Gasteiger partial charge on any atom is 0.277 e. The van der Waals surface area contributed by atoms with Crippen LogP contribution < -0.4 is 0 Å². The SMILES string of the molecule is O=C(CSc1nnc(C[C@H]2CCS(=O)(=O)C2)o1)c1ccc(C2CCCCC2)cc1. The van der Waals surface area contributed by atoms with E-state index in [-0.39, 0.29) is 29.0 Å². The monoisotopic (exact) mass is 434 g/mol. The van der Waals surface area contributed by atoms with Crippen LogP contribution in [0.15, 0.2) is 33.9 Å². The van der Waals surface area contributed by atoms with Crippen molar-refractivity contribution in [3.05, 3.63) is 41.3 Å². The van der Waals surface area contributed by atoms with Gasteiger partial charge in [-0.1, -0.05) is 55.3 Å². The maximum absolute atomic E-state index is 12.5. The van der Waals surface area contributed by atoms with Crippen LogP contribution in [0.5, 0.6) is 0 Å². The Bertz CT molecular complexity index is 947. The van der Waals surface area contributed by atoms with Gasteiger partial charge in [-0.3, -0.25) is 4.79 Å². The Morgan fingerprint density at radius 2 is 1.83 bits per heavy atom. The Balaban J connectivity index is 1.28. The molecular weight excluding hydrogens is 408 g/mol. The molecule has 2 heterocycles. The third-order valence-electron chi connectivity index (χ3n) is 5.87. The minimum Gasteiger partial charge on any atom is -0.416 e. The molecule has 1 saturated heterocycles. The quantitative estimate of drug-likeness (QED) is 0.479. The molecule has 0 amide bonds. The topological polar surface area (TPSA) is 90.1 Å². The second-order valence-corrected chi connectivity index (χ2v) is 11.3. The Labute approximate surface area is 175 Å². The van der Waals surface area contributed by atoms with Crippen LogP contribution in [0.2, 0.25) is 0 Å². The fourth-order valence-corrected chi connectivity index (χ4v) is 6.78. The summed E-state index contributed by atoms with van der Waals surface area (Å²) in [5, 5.41) is 8.33. The van der Waals surface area contributed by atoms with Crippen LogP contribution in [0.25, 0.3) is 0 Å². The van der Waals surface area contributed by atoms with Gasteiger partial charge in [0, 0.05) is 12.0 Å². The van der Waals surface area contributed by atoms with Crippen LogP contribution in [0.1, 0.15) is 66.3 Å². The van der Waals surface area contributed by atoms with Gasteiger partial charge in [-0.2, -0.15) is 0 Å². The Morgan fingerprint density at radius 1 is 1.07 bits per heavy atom. The molecular formula is C21H26N2O4S2. The van der Waals surface area contributed by atoms with E-state index in [2.05, 4.69) is 22.3 Å². The molecule has 6 nitrogen and oxygen atoms in total. The van der Waals surface area contributed by atoms with Crippen LogP contribution in [0.3, 0.4) is 0 Å². The van der Waals surface area contributed by atoms with Gasteiger partial charge in [-0.15, -0.1) is 10.2 Å². The number of rotatable bonds is 7. The molecule has 0 N–H and O–H groups in total. The zero-order chi connectivity index (χ0) is 20.3. The van der Waals surface area contributed by atoms with E-state index in [9.17, 15) is 13.2 Å². The molecule has 1 aromatic carbocycles. The predicted molar refractivity (Wildman–Crippen MR) is 112 cm³/mol. The molecule has 29 heavy (non-hydrogen) atoms. The van der Waals surface area contributed by atoms with E-state index in [1.165, 1.54) is 49.4 Å². The number of ketones is 1. The van der Waals surface area contributed by atoms with Gasteiger partial charge >= 0.3 is 0 Å². The lowest BCUT2D eigenvalue weighted by Crippen LogP contribution is -2.07. The molecule has 2 aromatic rings. The third kappa shape index (κ3) is 5.48. The largest absolute Gasteiger partial charge is 0.416 e. The van der Waals surface area contributed by atoms with Crippen LogP contribution >= 0.6 is 11.8 Å². The first-order valence-electron chi connectivity index (χ1n) is 10.3. The summed E-state index contributed by atoms with van der Waals surface area (Å²) in [6, 6.07) is 8.03. The lowest BCUT2D eigenvalue weighted by Gasteiger charge is -2.22. The second-order valence-electron chi connectivity index (χ2n) is 8.10. The highest BCUT2D eigenvalue weighted by atomic mass is 32.2. The molecule has 2 fully saturated rings. The van der Waals surface area contributed by atoms with Crippen molar-refractivity contribution in [2.45, 2.75) is 56.1 Å². The fraction of sp³-hybridized carbons (Fsp3) is 0.571. The van der Waals surface area contributed by atoms with Crippen molar-refractivity contribution in [2.24, 2.45) is 5.92 Å². The predicted octanol–water partition coefficient (Wildman–Crippen LogP) is 4.07. The zero-order valence-electron chi connectivity index (χ0n) is 16.4. The molecule has 1 saturated carbocycles. The minimum atomic E-state index is -2.91. The summed E-state index contributed by atoms with van der Waals surface area (Å²) in [6.07, 6.45) is 7.54. The van der Waals surface area contributed by atoms with Crippen LogP contribution in [-0.4, -0.2) is 41.7 Å². The molecule has 0 radical (unpaired) electrons. The highest BCUT2D eigenvalue weighted by molar-refractivity contribution is 7.99. The number of Topliss-reactive ketones (excluding diaryl/α,β-unsaturated/α-hetero) is 1. The number of hydrogen-bond acceptors (Lipinski definition) is 7. The fourth-order valence-electron chi connectivity index (χ4n) is 4.25. The molecule has 0 unspecified atom stereocenters. The molecule has 2 aliphatic rings. The lowest BCUT2D eigenvalue weighted by molar-refractivity contribution is 0.102. The van der Waals surface area contributed by atoms with E-state index in [0.717, 1.165) is 0 Å². The van der Waals surface area contributed by atoms with Crippen molar-refractivity contribution in [1.29, 1.82) is 0 Å². The summed E-state index contributed by atoms with van der Waals surface area (Å²) >= 11 is 1.23. The number of thioether (sulfide) groups is 1. The van der Waals surface area contributed by atoms with Gasteiger partial charge in [-0.05, 0) is 36.7 Å². The number of aromatic nitrogens is 2. The molecule has 156 valence electrons. The van der Waals surface area contributed by atoms with Crippen molar-refractivity contribution < 1.29 is 17.6 Å². The number of benzene rings is 1. The van der Waals surface area contributed by atoms with Crippen LogP contribution in [0.4, 0.5) is 0 Å². The van der Waals surface area contributed by atoms with Gasteiger partial charge in [0.05, 0.1) is 17.3 Å². The van der Waals surface area contributed by atoms with E-state index in [0.29, 0.717) is 35.4 Å². The minimum absolute atomic E-state index is 0.0341. The van der Waals surface area contributed by atoms with Crippen molar-refractivity contribution in [3.63, 3.8) is 0 Å². The average Bonchev–Trinajstić information content (AvgIpc) is 3.32. The second kappa shape index (κ2) is 9.00. The molecule has 0 bridgehead atoms. The van der Waals surface area contributed by atoms with Crippen LogP contribution in [-0.2, 0) is 16.3 Å². The standard InChI is InChI=1S/C21H26N2O4S2/c24-19(18-8-6-17(7-9-18)16-4-2-1-3-5-16)13-28-21-23-22-20(27-21)12-15-10-11-29(25,26)14-15/h6-9,15-16H,1-5,10-14H2/t15-/m1/s1. The van der Waals surface area contributed by atoms with Crippen molar-refractivity contribution in [3.8, 4) is 0 Å². The number of carbonyl (C=O) groups is 1. The van der Waals surface area contributed by atoms with Crippen LogP contribution in [0, 0.1) is 5.92 Å². The van der Waals surface area contributed by atoms with Gasteiger partial charge in [0.1, 0.15) is 0 Å². The van der Waals surface area contributed by atoms with Gasteiger partial charge in [0.25, 0.3) is 5.22 Å². The summed E-state index contributed by atoms with van der Waals surface area (Å²) in [5.41, 5.74) is 2.04.